The Morgan fingerprint density at radius 1 is 1.04 bits per heavy atom. The Kier molecular flexibility index (Phi) is 8.34. The molecule has 0 saturated carbocycles. The molecule has 0 amide bonds. The van der Waals surface area contributed by atoms with Crippen molar-refractivity contribution in [3.8, 4) is 11.1 Å². The van der Waals surface area contributed by atoms with E-state index in [0.29, 0.717) is 0 Å². The number of nitrogens with two attached hydrogens (primary N) is 1. The first kappa shape index (κ1) is 19.0. The van der Waals surface area contributed by atoms with Gasteiger partial charge in [-0.05, 0) is 71.4 Å². The predicted octanol–water partition coefficient (Wildman–Crippen LogP) is 5.74. The topological polar surface area (TPSA) is 38.0 Å². The van der Waals surface area contributed by atoms with Crippen LogP contribution >= 0.6 is 11.3 Å². The van der Waals surface area contributed by atoms with Crippen LogP contribution < -0.4 is 11.1 Å². The average molecular weight is 345 g/mol. The Hall–Kier alpha value is -1.32. The summed E-state index contributed by atoms with van der Waals surface area (Å²) in [6, 6.07) is 8.29. The van der Waals surface area contributed by atoms with E-state index in [1.54, 1.807) is 0 Å². The van der Waals surface area contributed by atoms with Gasteiger partial charge in [0, 0.05) is 5.69 Å². The van der Waals surface area contributed by atoms with E-state index in [4.69, 9.17) is 5.73 Å². The van der Waals surface area contributed by atoms with Gasteiger partial charge in [0.15, 0.2) is 0 Å². The third-order valence-electron chi connectivity index (χ3n) is 4.64. The monoisotopic (exact) mass is 344 g/mol. The van der Waals surface area contributed by atoms with Crippen molar-refractivity contribution in [1.82, 2.24) is 5.32 Å². The van der Waals surface area contributed by atoms with Crippen molar-refractivity contribution in [2.24, 2.45) is 5.92 Å². The number of rotatable bonds is 11. The number of anilines is 1. The van der Waals surface area contributed by atoms with E-state index in [0.717, 1.165) is 24.7 Å². The Balaban J connectivity index is 1.96. The molecule has 2 nitrogen and oxygen atoms in total. The zero-order valence-corrected chi connectivity index (χ0v) is 16.0. The van der Waals surface area contributed by atoms with E-state index in [1.165, 1.54) is 55.2 Å². The van der Waals surface area contributed by atoms with Crippen LogP contribution in [0, 0.1) is 5.92 Å². The Morgan fingerprint density at radius 2 is 1.83 bits per heavy atom. The number of hydrogen-bond donors (Lipinski definition) is 2. The molecule has 1 aromatic carbocycles. The molecule has 0 aliphatic heterocycles. The van der Waals surface area contributed by atoms with Gasteiger partial charge in [-0.25, -0.2) is 0 Å². The standard InChI is InChI=1S/C21H32N2S/c1-3-7-17(8-5-6-13-23-4-2)14-19-15-24-16-21(19)18-9-11-20(22)12-10-18/h9-12,15-17,23H,3-8,13-14,22H2,1-2H3. The number of nitrogen functional groups attached to an aromatic ring is 1. The molecule has 0 aliphatic carbocycles. The maximum Gasteiger partial charge on any atom is 0.0314 e. The number of thiophene rings is 1. The maximum absolute atomic E-state index is 5.83. The number of hydrogen-bond acceptors (Lipinski definition) is 3. The first-order valence-electron chi connectivity index (χ1n) is 9.36. The second-order valence-corrected chi connectivity index (χ2v) is 7.38. The SMILES string of the molecule is CCCC(CCCCNCC)Cc1cscc1-c1ccc(N)cc1. The van der Waals surface area contributed by atoms with Gasteiger partial charge in [-0.2, -0.15) is 11.3 Å². The lowest BCUT2D eigenvalue weighted by molar-refractivity contribution is 0.421. The first-order chi connectivity index (χ1) is 11.7. The highest BCUT2D eigenvalue weighted by molar-refractivity contribution is 7.08. The van der Waals surface area contributed by atoms with Crippen molar-refractivity contribution in [1.29, 1.82) is 0 Å². The molecule has 1 atom stereocenters. The molecule has 132 valence electrons. The number of nitrogens with one attached hydrogen (secondary N) is 1. The zero-order valence-electron chi connectivity index (χ0n) is 15.2. The minimum atomic E-state index is 0.804. The Labute approximate surface area is 151 Å². The minimum Gasteiger partial charge on any atom is -0.399 e. The quantitative estimate of drug-likeness (QED) is 0.403. The molecule has 0 aliphatic rings. The predicted molar refractivity (Wildman–Crippen MR) is 109 cm³/mol. The molecule has 0 saturated heterocycles. The molecule has 2 aromatic rings. The van der Waals surface area contributed by atoms with Crippen LogP contribution in [0.1, 0.15) is 51.5 Å². The Bertz CT molecular complexity index is 574. The summed E-state index contributed by atoms with van der Waals surface area (Å²) in [5.74, 6) is 0.804. The Morgan fingerprint density at radius 3 is 2.54 bits per heavy atom. The van der Waals surface area contributed by atoms with Crippen LogP contribution in [0.4, 0.5) is 5.69 Å². The van der Waals surface area contributed by atoms with Gasteiger partial charge < -0.3 is 11.1 Å². The van der Waals surface area contributed by atoms with Gasteiger partial charge in [0.05, 0.1) is 0 Å². The van der Waals surface area contributed by atoms with Gasteiger partial charge in [0.2, 0.25) is 0 Å². The molecule has 0 bridgehead atoms. The molecule has 1 unspecified atom stereocenters. The van der Waals surface area contributed by atoms with Gasteiger partial charge in [-0.15, -0.1) is 0 Å². The minimum absolute atomic E-state index is 0.804. The van der Waals surface area contributed by atoms with Crippen LogP contribution in [-0.4, -0.2) is 13.1 Å². The van der Waals surface area contributed by atoms with E-state index in [9.17, 15) is 0 Å². The lowest BCUT2D eigenvalue weighted by atomic mass is 9.89. The molecular weight excluding hydrogens is 312 g/mol. The molecule has 1 heterocycles. The van der Waals surface area contributed by atoms with Crippen LogP contribution in [0.15, 0.2) is 35.0 Å². The molecule has 0 fully saturated rings. The molecule has 1 aromatic heterocycles. The highest BCUT2D eigenvalue weighted by atomic mass is 32.1. The lowest BCUT2D eigenvalue weighted by Gasteiger charge is -2.17. The van der Waals surface area contributed by atoms with Crippen molar-refractivity contribution in [2.45, 2.75) is 52.4 Å². The molecule has 24 heavy (non-hydrogen) atoms. The van der Waals surface area contributed by atoms with Crippen LogP contribution in [0.25, 0.3) is 11.1 Å². The summed E-state index contributed by atoms with van der Waals surface area (Å²) in [6.07, 6.45) is 7.79. The summed E-state index contributed by atoms with van der Waals surface area (Å²) in [6.45, 7) is 6.72. The van der Waals surface area contributed by atoms with Crippen molar-refractivity contribution in [3.63, 3.8) is 0 Å². The third-order valence-corrected chi connectivity index (χ3v) is 5.43. The lowest BCUT2D eigenvalue weighted by Crippen LogP contribution is -2.14. The summed E-state index contributed by atoms with van der Waals surface area (Å²) in [4.78, 5) is 0. The largest absolute Gasteiger partial charge is 0.399 e. The molecule has 3 N–H and O–H groups in total. The van der Waals surface area contributed by atoms with E-state index < -0.39 is 0 Å². The second-order valence-electron chi connectivity index (χ2n) is 6.64. The summed E-state index contributed by atoms with van der Waals surface area (Å²) in [5.41, 5.74) is 10.9. The smallest absolute Gasteiger partial charge is 0.0314 e. The molecule has 0 radical (unpaired) electrons. The van der Waals surface area contributed by atoms with Crippen LogP contribution in [0.5, 0.6) is 0 Å². The first-order valence-corrected chi connectivity index (χ1v) is 10.3. The molecule has 2 rings (SSSR count). The second kappa shape index (κ2) is 10.5. The summed E-state index contributed by atoms with van der Waals surface area (Å²) >= 11 is 1.82. The van der Waals surface area contributed by atoms with Crippen molar-refractivity contribution in [2.75, 3.05) is 18.8 Å². The van der Waals surface area contributed by atoms with E-state index >= 15 is 0 Å². The van der Waals surface area contributed by atoms with Crippen LogP contribution in [0.3, 0.4) is 0 Å². The van der Waals surface area contributed by atoms with Gasteiger partial charge in [-0.3, -0.25) is 0 Å². The van der Waals surface area contributed by atoms with Crippen LogP contribution in [-0.2, 0) is 6.42 Å². The number of unbranched alkanes of at least 4 members (excludes halogenated alkanes) is 1. The normalized spacial score (nSPS) is 12.4. The van der Waals surface area contributed by atoms with E-state index in [-0.39, 0.29) is 0 Å². The summed E-state index contributed by atoms with van der Waals surface area (Å²) in [5, 5.41) is 8.05. The van der Waals surface area contributed by atoms with Crippen molar-refractivity contribution >= 4 is 17.0 Å². The van der Waals surface area contributed by atoms with Gasteiger partial charge in [0.1, 0.15) is 0 Å². The fourth-order valence-corrected chi connectivity index (χ4v) is 4.20. The summed E-state index contributed by atoms with van der Waals surface area (Å²) < 4.78 is 0. The van der Waals surface area contributed by atoms with Gasteiger partial charge >= 0.3 is 0 Å². The fraction of sp³-hybridized carbons (Fsp3) is 0.524. The van der Waals surface area contributed by atoms with E-state index in [2.05, 4.69) is 42.1 Å². The summed E-state index contributed by atoms with van der Waals surface area (Å²) in [7, 11) is 0. The van der Waals surface area contributed by atoms with Crippen LogP contribution in [0.2, 0.25) is 0 Å². The third kappa shape index (κ3) is 5.95. The van der Waals surface area contributed by atoms with E-state index in [1.807, 2.05) is 23.5 Å². The average Bonchev–Trinajstić information content (AvgIpc) is 3.03. The van der Waals surface area contributed by atoms with Gasteiger partial charge in [-0.1, -0.05) is 51.7 Å². The fourth-order valence-electron chi connectivity index (χ4n) is 3.33. The zero-order chi connectivity index (χ0) is 17.2. The highest BCUT2D eigenvalue weighted by Crippen LogP contribution is 2.31. The van der Waals surface area contributed by atoms with Crippen molar-refractivity contribution in [3.05, 3.63) is 40.6 Å². The van der Waals surface area contributed by atoms with Crippen molar-refractivity contribution < 1.29 is 0 Å². The number of benzene rings is 1. The highest BCUT2D eigenvalue weighted by Gasteiger charge is 2.13. The molecular formula is C21H32N2S. The molecule has 0 spiro atoms. The molecule has 3 heteroatoms. The maximum atomic E-state index is 5.83. The van der Waals surface area contributed by atoms with Gasteiger partial charge in [0.25, 0.3) is 0 Å².